The summed E-state index contributed by atoms with van der Waals surface area (Å²) < 4.78 is 4.99. The Morgan fingerprint density at radius 2 is 1.66 bits per heavy atom. The largest absolute Gasteiger partial charge is 0.459 e. The Kier molecular flexibility index (Phi) is 6.40. The maximum atomic E-state index is 12.3. The fraction of sp³-hybridized carbons (Fsp3) is 0.200. The molecular formula is C20H20N4O4S. The Morgan fingerprint density at radius 1 is 0.966 bits per heavy atom. The highest BCUT2D eigenvalue weighted by atomic mass is 32.1. The highest BCUT2D eigenvalue weighted by molar-refractivity contribution is 7.13. The number of nitrogens with one attached hydrogen (secondary N) is 3. The fourth-order valence-corrected chi connectivity index (χ4v) is 3.40. The van der Waals surface area contributed by atoms with Gasteiger partial charge in [-0.25, -0.2) is 4.98 Å². The molecule has 3 N–H and O–H groups in total. The zero-order chi connectivity index (χ0) is 20.8. The van der Waals surface area contributed by atoms with E-state index in [4.69, 9.17) is 4.42 Å². The van der Waals surface area contributed by atoms with Crippen molar-refractivity contribution in [1.29, 1.82) is 0 Å². The molecule has 0 radical (unpaired) electrons. The molecule has 0 spiro atoms. The van der Waals surface area contributed by atoms with Gasteiger partial charge >= 0.3 is 0 Å². The molecule has 3 amide bonds. The summed E-state index contributed by atoms with van der Waals surface area (Å²) in [5, 5.41) is 9.00. The van der Waals surface area contributed by atoms with E-state index in [1.165, 1.54) is 17.6 Å². The standard InChI is InChI=1S/C20H20N4O4S/c1-12-17(29-13(2)23-12)20(27)24-15-7-5-14(6-8-15)18(25)21-9-10-22-19(26)16-4-3-11-28-16/h3-8,11H,9-10H2,1-2H3,(H,21,25)(H,22,26)(H,24,27). The zero-order valence-corrected chi connectivity index (χ0v) is 16.8. The number of hydrogen-bond donors (Lipinski definition) is 3. The van der Waals surface area contributed by atoms with Gasteiger partial charge in [-0.2, -0.15) is 0 Å². The van der Waals surface area contributed by atoms with Crippen molar-refractivity contribution >= 4 is 34.7 Å². The van der Waals surface area contributed by atoms with Crippen molar-refractivity contribution in [3.8, 4) is 0 Å². The molecule has 8 nitrogen and oxygen atoms in total. The average molecular weight is 412 g/mol. The molecule has 0 aliphatic carbocycles. The Morgan fingerprint density at radius 3 is 2.24 bits per heavy atom. The Hall–Kier alpha value is -3.46. The first-order chi connectivity index (χ1) is 13.9. The number of carbonyl (C=O) groups excluding carboxylic acids is 3. The lowest BCUT2D eigenvalue weighted by Gasteiger charge is -2.08. The second kappa shape index (κ2) is 9.16. The van der Waals surface area contributed by atoms with Gasteiger partial charge in [0.15, 0.2) is 5.76 Å². The average Bonchev–Trinajstić information content (AvgIpc) is 3.35. The first-order valence-electron chi connectivity index (χ1n) is 8.89. The van der Waals surface area contributed by atoms with Crippen molar-refractivity contribution in [2.24, 2.45) is 0 Å². The van der Waals surface area contributed by atoms with E-state index in [2.05, 4.69) is 20.9 Å². The number of anilines is 1. The van der Waals surface area contributed by atoms with E-state index < -0.39 is 0 Å². The Labute approximate surface area is 171 Å². The van der Waals surface area contributed by atoms with E-state index in [0.717, 1.165) is 5.01 Å². The first kappa shape index (κ1) is 20.3. The molecule has 0 fully saturated rings. The summed E-state index contributed by atoms with van der Waals surface area (Å²) in [6.45, 7) is 4.19. The molecule has 0 unspecified atom stereocenters. The number of aromatic nitrogens is 1. The SMILES string of the molecule is Cc1nc(C)c(C(=O)Nc2ccc(C(=O)NCCNC(=O)c3ccco3)cc2)s1. The Balaban J connectivity index is 1.46. The lowest BCUT2D eigenvalue weighted by atomic mass is 10.2. The molecule has 3 rings (SSSR count). The summed E-state index contributed by atoms with van der Waals surface area (Å²) in [4.78, 5) is 41.0. The third-order valence-electron chi connectivity index (χ3n) is 3.96. The molecule has 0 aliphatic rings. The summed E-state index contributed by atoms with van der Waals surface area (Å²) in [6, 6.07) is 9.76. The summed E-state index contributed by atoms with van der Waals surface area (Å²) >= 11 is 1.34. The lowest BCUT2D eigenvalue weighted by molar-refractivity contribution is 0.0910. The van der Waals surface area contributed by atoms with Gasteiger partial charge in [-0.15, -0.1) is 11.3 Å². The van der Waals surface area contributed by atoms with Gasteiger partial charge in [-0.05, 0) is 50.2 Å². The second-order valence-corrected chi connectivity index (χ2v) is 7.37. The monoisotopic (exact) mass is 412 g/mol. The normalized spacial score (nSPS) is 10.4. The smallest absolute Gasteiger partial charge is 0.287 e. The minimum atomic E-state index is -0.337. The van der Waals surface area contributed by atoms with E-state index in [1.807, 2.05) is 6.92 Å². The van der Waals surface area contributed by atoms with E-state index in [0.29, 0.717) is 21.8 Å². The highest BCUT2D eigenvalue weighted by Gasteiger charge is 2.14. The number of amides is 3. The number of aryl methyl sites for hydroxylation is 2. The quantitative estimate of drug-likeness (QED) is 0.517. The van der Waals surface area contributed by atoms with Crippen LogP contribution in [0.5, 0.6) is 0 Å². The molecular weight excluding hydrogens is 392 g/mol. The van der Waals surface area contributed by atoms with Gasteiger partial charge in [-0.3, -0.25) is 14.4 Å². The lowest BCUT2D eigenvalue weighted by Crippen LogP contribution is -2.34. The van der Waals surface area contributed by atoms with Crippen molar-refractivity contribution in [3.05, 3.63) is 69.6 Å². The highest BCUT2D eigenvalue weighted by Crippen LogP contribution is 2.19. The molecule has 29 heavy (non-hydrogen) atoms. The van der Waals surface area contributed by atoms with Gasteiger partial charge in [0.1, 0.15) is 4.88 Å². The number of nitrogens with zero attached hydrogens (tertiary/aromatic N) is 1. The van der Waals surface area contributed by atoms with Gasteiger partial charge in [0.05, 0.1) is 17.0 Å². The molecule has 0 bridgehead atoms. The van der Waals surface area contributed by atoms with Gasteiger partial charge in [0, 0.05) is 24.3 Å². The zero-order valence-electron chi connectivity index (χ0n) is 15.9. The minimum absolute atomic E-state index is 0.220. The summed E-state index contributed by atoms with van der Waals surface area (Å²) in [5.41, 5.74) is 1.73. The number of rotatable bonds is 7. The van der Waals surface area contributed by atoms with Gasteiger partial charge < -0.3 is 20.4 Å². The predicted molar refractivity (Wildman–Crippen MR) is 109 cm³/mol. The van der Waals surface area contributed by atoms with Crippen molar-refractivity contribution in [1.82, 2.24) is 15.6 Å². The van der Waals surface area contributed by atoms with Crippen LogP contribution in [0.3, 0.4) is 0 Å². The molecule has 2 heterocycles. The van der Waals surface area contributed by atoms with Crippen LogP contribution in [0.4, 0.5) is 5.69 Å². The van der Waals surface area contributed by atoms with E-state index in [-0.39, 0.29) is 36.6 Å². The summed E-state index contributed by atoms with van der Waals surface area (Å²) in [6.07, 6.45) is 1.42. The molecule has 0 aliphatic heterocycles. The third-order valence-corrected chi connectivity index (χ3v) is 5.03. The topological polar surface area (TPSA) is 113 Å². The maximum absolute atomic E-state index is 12.3. The molecule has 2 aromatic heterocycles. The van der Waals surface area contributed by atoms with Crippen LogP contribution < -0.4 is 16.0 Å². The van der Waals surface area contributed by atoms with Crippen LogP contribution in [-0.2, 0) is 0 Å². The van der Waals surface area contributed by atoms with Crippen LogP contribution in [-0.4, -0.2) is 35.8 Å². The molecule has 150 valence electrons. The third kappa shape index (κ3) is 5.29. The van der Waals surface area contributed by atoms with Crippen molar-refractivity contribution in [2.45, 2.75) is 13.8 Å². The van der Waals surface area contributed by atoms with E-state index in [1.54, 1.807) is 43.3 Å². The molecule has 0 atom stereocenters. The van der Waals surface area contributed by atoms with E-state index in [9.17, 15) is 14.4 Å². The number of thiazole rings is 1. The fourth-order valence-electron chi connectivity index (χ4n) is 2.58. The van der Waals surface area contributed by atoms with Gasteiger partial charge in [0.25, 0.3) is 17.7 Å². The van der Waals surface area contributed by atoms with Crippen LogP contribution in [0.15, 0.2) is 47.1 Å². The molecule has 1 aromatic carbocycles. The van der Waals surface area contributed by atoms with Crippen molar-refractivity contribution < 1.29 is 18.8 Å². The summed E-state index contributed by atoms with van der Waals surface area (Å²) in [7, 11) is 0. The molecule has 0 saturated carbocycles. The van der Waals surface area contributed by atoms with Crippen LogP contribution in [0.1, 0.15) is 41.3 Å². The summed E-state index contributed by atoms with van der Waals surface area (Å²) in [5.74, 6) is -0.616. The van der Waals surface area contributed by atoms with Crippen LogP contribution in [0.25, 0.3) is 0 Å². The Bertz CT molecular complexity index is 1010. The number of hydrogen-bond acceptors (Lipinski definition) is 6. The number of carbonyl (C=O) groups is 3. The van der Waals surface area contributed by atoms with Crippen molar-refractivity contribution in [3.63, 3.8) is 0 Å². The molecule has 9 heteroatoms. The predicted octanol–water partition coefficient (Wildman–Crippen LogP) is 2.77. The van der Waals surface area contributed by atoms with Crippen LogP contribution in [0, 0.1) is 13.8 Å². The number of furan rings is 1. The maximum Gasteiger partial charge on any atom is 0.287 e. The molecule has 3 aromatic rings. The van der Waals surface area contributed by atoms with Crippen LogP contribution in [0.2, 0.25) is 0 Å². The van der Waals surface area contributed by atoms with E-state index >= 15 is 0 Å². The minimum Gasteiger partial charge on any atom is -0.459 e. The number of benzene rings is 1. The molecule has 0 saturated heterocycles. The van der Waals surface area contributed by atoms with Gasteiger partial charge in [-0.1, -0.05) is 0 Å². The van der Waals surface area contributed by atoms with Crippen molar-refractivity contribution in [2.75, 3.05) is 18.4 Å². The first-order valence-corrected chi connectivity index (χ1v) is 9.71. The van der Waals surface area contributed by atoms with Crippen LogP contribution >= 0.6 is 11.3 Å². The second-order valence-electron chi connectivity index (χ2n) is 6.17. The van der Waals surface area contributed by atoms with Gasteiger partial charge in [0.2, 0.25) is 0 Å².